The van der Waals surface area contributed by atoms with Gasteiger partial charge in [0.1, 0.15) is 0 Å². The molecule has 0 saturated heterocycles. The minimum absolute atomic E-state index is 0. The summed E-state index contributed by atoms with van der Waals surface area (Å²) in [6.07, 6.45) is 0. The van der Waals surface area contributed by atoms with Gasteiger partial charge in [0.2, 0.25) is 0 Å². The van der Waals surface area contributed by atoms with E-state index < -0.39 is 0 Å². The summed E-state index contributed by atoms with van der Waals surface area (Å²) in [6.45, 7) is 13.6. The van der Waals surface area contributed by atoms with Crippen molar-refractivity contribution < 1.29 is 21.1 Å². The van der Waals surface area contributed by atoms with Crippen LogP contribution in [0.5, 0.6) is 0 Å². The van der Waals surface area contributed by atoms with Gasteiger partial charge >= 0.3 is 21.1 Å². The van der Waals surface area contributed by atoms with Crippen molar-refractivity contribution in [2.75, 3.05) is 0 Å². The smallest absolute Gasteiger partial charge is 0.656 e. The van der Waals surface area contributed by atoms with Crippen molar-refractivity contribution in [2.45, 2.75) is 52.4 Å². The first-order valence-corrected chi connectivity index (χ1v) is 26.4. The Kier molecular flexibility index (Phi) is 10.5. The van der Waals surface area contributed by atoms with Gasteiger partial charge in [-0.1, -0.05) is 187 Å². The maximum Gasteiger partial charge on any atom is 2.00 e. The van der Waals surface area contributed by atoms with Gasteiger partial charge in [-0.05, 0) is 169 Å². The fourth-order valence-electron chi connectivity index (χ4n) is 11.9. The monoisotopic (exact) mass is 1170 g/mol. The number of nitrogens with zero attached hydrogens (tertiary/aromatic N) is 5. The molecule has 0 fully saturated rings. The van der Waals surface area contributed by atoms with E-state index in [1.165, 1.54) is 11.1 Å². The number of aromatic nitrogens is 5. The summed E-state index contributed by atoms with van der Waals surface area (Å²) < 4.78 is 0. The third-order valence-corrected chi connectivity index (χ3v) is 16.0. The number of hydrogen-bond acceptors (Lipinski definition) is 3. The molecule has 0 unspecified atom stereocenters. The molecule has 15 rings (SSSR count). The van der Waals surface area contributed by atoms with Crippen LogP contribution in [0.25, 0.3) is 154 Å². The Labute approximate surface area is 461 Å². The molecule has 0 aliphatic carbocycles. The van der Waals surface area contributed by atoms with Crippen LogP contribution in [0.4, 0.5) is 0 Å². The topological polar surface area (TPSA) is 66.9 Å². The fourth-order valence-corrected chi connectivity index (χ4v) is 11.9. The minimum atomic E-state index is -0.0433. The van der Waals surface area contributed by atoms with E-state index in [1.54, 1.807) is 0 Å². The molecule has 0 radical (unpaired) electrons. The molecule has 2 aliphatic rings. The van der Waals surface area contributed by atoms with Gasteiger partial charge < -0.3 is 15.0 Å². The molecule has 2 aliphatic heterocycles. The van der Waals surface area contributed by atoms with E-state index in [0.717, 1.165) is 143 Å². The van der Waals surface area contributed by atoms with Crippen molar-refractivity contribution in [1.29, 1.82) is 0 Å². The van der Waals surface area contributed by atoms with Gasteiger partial charge in [0.15, 0.2) is 0 Å². The summed E-state index contributed by atoms with van der Waals surface area (Å²) in [7, 11) is 0. The van der Waals surface area contributed by atoms with Crippen LogP contribution in [-0.2, 0) is 31.9 Å². The summed E-state index contributed by atoms with van der Waals surface area (Å²) in [5.74, 6) is 0.612. The van der Waals surface area contributed by atoms with E-state index in [4.69, 9.17) is 24.9 Å². The second-order valence-electron chi connectivity index (χ2n) is 22.9. The minimum Gasteiger partial charge on any atom is -0.656 e. The number of hydrogen-bond donors (Lipinski definition) is 0. The maximum absolute atomic E-state index is 5.85. The van der Waals surface area contributed by atoms with Gasteiger partial charge in [0, 0.05) is 27.8 Å². The Morgan fingerprint density at radius 1 is 0.338 bits per heavy atom. The summed E-state index contributed by atoms with van der Waals surface area (Å²) in [4.78, 5) is 28.9. The van der Waals surface area contributed by atoms with Crippen molar-refractivity contribution in [3.05, 3.63) is 211 Å². The number of rotatable bonds is 2. The van der Waals surface area contributed by atoms with Gasteiger partial charge in [0.25, 0.3) is 0 Å². The average molecular weight is 1170 g/mol. The van der Waals surface area contributed by atoms with E-state index in [2.05, 4.69) is 242 Å². The number of benzene rings is 10. The molecule has 5 heterocycles. The summed E-state index contributed by atoms with van der Waals surface area (Å²) >= 11 is 0. The molecule has 3 aromatic heterocycles. The van der Waals surface area contributed by atoms with Crippen molar-refractivity contribution in [3.63, 3.8) is 0 Å². The Morgan fingerprint density at radius 2 is 0.714 bits per heavy atom. The molecule has 0 spiro atoms. The Hall–Kier alpha value is -8.50. The second-order valence-corrected chi connectivity index (χ2v) is 22.9. The van der Waals surface area contributed by atoms with E-state index >= 15 is 0 Å². The van der Waals surface area contributed by atoms with E-state index in [1.807, 2.05) is 0 Å². The van der Waals surface area contributed by atoms with Crippen molar-refractivity contribution >= 4 is 86.8 Å². The van der Waals surface area contributed by atoms with Crippen molar-refractivity contribution in [1.82, 2.24) is 24.9 Å². The quantitative estimate of drug-likeness (QED) is 0.173. The molecular formula is C71H51N5Pt. The molecule has 10 aromatic carbocycles. The number of fused-ring (bicyclic) bond motifs is 24. The zero-order valence-corrected chi connectivity index (χ0v) is 45.9. The van der Waals surface area contributed by atoms with Gasteiger partial charge in [0.05, 0.1) is 22.9 Å². The molecule has 370 valence electrons. The molecule has 0 saturated carbocycles. The molecule has 6 heteroatoms. The SMILES string of the molecule is CC(C)(C)c1ccc(-c2c3nc(nc4[n-]c(c(-c5ccc(C(C)(C)C)cc5)c5nc(cc6[n-]c2c2cc7ccccc7cc62)-c2cc6ccccc6cc2-5)c2cc5ccccc5cc42)-c2cc4ccccc4cc2-3)cc1.[Pt+2]. The van der Waals surface area contributed by atoms with Crippen LogP contribution in [0.3, 0.4) is 0 Å². The van der Waals surface area contributed by atoms with Crippen LogP contribution in [-0.4, -0.2) is 15.0 Å². The molecule has 0 N–H and O–H groups in total. The molecular weight excluding hydrogens is 1120 g/mol. The Balaban J connectivity index is 0.00000540. The van der Waals surface area contributed by atoms with E-state index in [0.29, 0.717) is 11.5 Å². The van der Waals surface area contributed by atoms with Crippen LogP contribution < -0.4 is 9.97 Å². The van der Waals surface area contributed by atoms with E-state index in [-0.39, 0.29) is 31.9 Å². The average Bonchev–Trinajstić information content (AvgIpc) is 4.16. The standard InChI is InChI=1S/C71H51N5.Pt/c1-70(2,3)50-27-23-40(24-28-50)62-64-54-33-44-17-9-7-15-42(44)31-52(54)60(72-64)39-61-53-32-43-16-8-10-18-45(43)34-55(53)65(73-61)63(41-25-29-51(30-26-41)71(4,5)6)67-57-36-47-20-12-14-22-49(47)38-59(57)69(75-67)76-68-58-37-48-21-13-11-19-46(48)35-56(58)66(62)74-68;/h7-39H,1-6H3;/q-2;+2. The van der Waals surface area contributed by atoms with Crippen molar-refractivity contribution in [3.8, 4) is 67.4 Å². The third kappa shape index (κ3) is 7.58. The molecule has 0 atom stereocenters. The van der Waals surface area contributed by atoms with Gasteiger partial charge in [-0.2, -0.15) is 0 Å². The zero-order chi connectivity index (χ0) is 51.2. The predicted octanol–water partition coefficient (Wildman–Crippen LogP) is 18.5. The second kappa shape index (κ2) is 17.3. The van der Waals surface area contributed by atoms with Gasteiger partial charge in [-0.15, -0.1) is 11.0 Å². The van der Waals surface area contributed by atoms with Crippen molar-refractivity contribution in [2.24, 2.45) is 0 Å². The predicted molar refractivity (Wildman–Crippen MR) is 319 cm³/mol. The van der Waals surface area contributed by atoms with Crippen LogP contribution in [0.1, 0.15) is 52.7 Å². The first-order valence-electron chi connectivity index (χ1n) is 26.4. The Bertz CT molecular complexity index is 4510. The van der Waals surface area contributed by atoms with Crippen LogP contribution in [0, 0.1) is 0 Å². The summed E-state index contributed by atoms with van der Waals surface area (Å²) in [5.41, 5.74) is 16.1. The van der Waals surface area contributed by atoms with E-state index in [9.17, 15) is 0 Å². The molecule has 13 aromatic rings. The fraction of sp³-hybridized carbons (Fsp3) is 0.113. The maximum atomic E-state index is 5.85. The van der Waals surface area contributed by atoms with Crippen LogP contribution in [0.15, 0.2) is 200 Å². The normalized spacial score (nSPS) is 12.4. The van der Waals surface area contributed by atoms with Gasteiger partial charge in [-0.3, -0.25) is 4.98 Å². The van der Waals surface area contributed by atoms with Crippen LogP contribution >= 0.6 is 0 Å². The zero-order valence-electron chi connectivity index (χ0n) is 43.6. The molecule has 77 heavy (non-hydrogen) atoms. The molecule has 0 amide bonds. The van der Waals surface area contributed by atoms with Crippen LogP contribution in [0.2, 0.25) is 0 Å². The summed E-state index contributed by atoms with van der Waals surface area (Å²) in [5, 5.41) is 13.1. The van der Waals surface area contributed by atoms with Gasteiger partial charge in [-0.25, -0.2) is 4.98 Å². The Morgan fingerprint density at radius 3 is 1.19 bits per heavy atom. The molecule has 5 nitrogen and oxygen atoms in total. The first kappa shape index (κ1) is 47.0. The molecule has 8 bridgehead atoms. The first-order chi connectivity index (χ1) is 36.9. The largest absolute Gasteiger partial charge is 2.00 e. The summed E-state index contributed by atoms with van der Waals surface area (Å²) in [6, 6.07) is 73.1. The third-order valence-electron chi connectivity index (χ3n) is 16.0.